The molecule has 0 aliphatic rings. The molecule has 1 heterocycles. The molecule has 2 rings (SSSR count). The SMILES string of the molecule is COC(=O)C(O)c1ccc2cc[nH]c2c1F. The predicted octanol–water partition coefficient (Wildman–Crippen LogP) is 1.51. The topological polar surface area (TPSA) is 62.3 Å². The number of aliphatic hydroxyl groups excluding tert-OH is 1. The quantitative estimate of drug-likeness (QED) is 0.758. The number of rotatable bonds is 2. The number of halogens is 1. The van der Waals surface area contributed by atoms with Gasteiger partial charge in [0, 0.05) is 17.1 Å². The van der Waals surface area contributed by atoms with Crippen molar-refractivity contribution in [2.75, 3.05) is 7.11 Å². The van der Waals surface area contributed by atoms with Crippen LogP contribution in [-0.4, -0.2) is 23.2 Å². The van der Waals surface area contributed by atoms with Crippen LogP contribution < -0.4 is 0 Å². The maximum atomic E-state index is 13.9. The number of aromatic amines is 1. The summed E-state index contributed by atoms with van der Waals surface area (Å²) in [5.41, 5.74) is 0.169. The number of esters is 1. The van der Waals surface area contributed by atoms with E-state index in [1.54, 1.807) is 18.3 Å². The number of nitrogens with one attached hydrogen (secondary N) is 1. The van der Waals surface area contributed by atoms with E-state index in [0.29, 0.717) is 5.39 Å². The Morgan fingerprint density at radius 1 is 1.50 bits per heavy atom. The number of carbonyl (C=O) groups is 1. The average Bonchev–Trinajstić information content (AvgIpc) is 2.76. The Kier molecular flexibility index (Phi) is 2.62. The second-order valence-corrected chi connectivity index (χ2v) is 3.34. The van der Waals surface area contributed by atoms with E-state index in [0.717, 1.165) is 7.11 Å². The van der Waals surface area contributed by atoms with Crippen molar-refractivity contribution in [2.24, 2.45) is 0 Å². The van der Waals surface area contributed by atoms with Crippen molar-refractivity contribution >= 4 is 16.9 Å². The molecule has 0 spiro atoms. The first-order valence-corrected chi connectivity index (χ1v) is 4.66. The van der Waals surface area contributed by atoms with Crippen LogP contribution in [0.4, 0.5) is 4.39 Å². The van der Waals surface area contributed by atoms with Crippen molar-refractivity contribution in [2.45, 2.75) is 6.10 Å². The van der Waals surface area contributed by atoms with E-state index >= 15 is 0 Å². The molecule has 5 heteroatoms. The van der Waals surface area contributed by atoms with Gasteiger partial charge in [0.15, 0.2) is 11.9 Å². The third-order valence-corrected chi connectivity index (χ3v) is 2.41. The summed E-state index contributed by atoms with van der Waals surface area (Å²) in [6, 6.07) is 4.69. The minimum Gasteiger partial charge on any atom is -0.467 e. The predicted molar refractivity (Wildman–Crippen MR) is 55.2 cm³/mol. The van der Waals surface area contributed by atoms with Crippen LogP contribution in [0.3, 0.4) is 0 Å². The van der Waals surface area contributed by atoms with E-state index in [9.17, 15) is 14.3 Å². The van der Waals surface area contributed by atoms with Crippen molar-refractivity contribution in [3.63, 3.8) is 0 Å². The molecular weight excluding hydrogens is 213 g/mol. The molecule has 0 amide bonds. The number of benzene rings is 1. The van der Waals surface area contributed by atoms with Crippen molar-refractivity contribution < 1.29 is 19.0 Å². The molecule has 1 aromatic carbocycles. The lowest BCUT2D eigenvalue weighted by atomic mass is 10.1. The van der Waals surface area contributed by atoms with Crippen molar-refractivity contribution in [3.05, 3.63) is 35.8 Å². The van der Waals surface area contributed by atoms with Crippen LogP contribution in [-0.2, 0) is 9.53 Å². The van der Waals surface area contributed by atoms with Gasteiger partial charge in [0.05, 0.1) is 12.6 Å². The fourth-order valence-electron chi connectivity index (χ4n) is 1.56. The van der Waals surface area contributed by atoms with Gasteiger partial charge in [-0.05, 0) is 6.07 Å². The summed E-state index contributed by atoms with van der Waals surface area (Å²) in [4.78, 5) is 13.8. The van der Waals surface area contributed by atoms with Crippen LogP contribution >= 0.6 is 0 Å². The van der Waals surface area contributed by atoms with E-state index in [4.69, 9.17) is 0 Å². The van der Waals surface area contributed by atoms with E-state index in [1.807, 2.05) is 0 Å². The normalized spacial score (nSPS) is 12.7. The van der Waals surface area contributed by atoms with Crippen molar-refractivity contribution in [3.8, 4) is 0 Å². The number of carbonyl (C=O) groups excluding carboxylic acids is 1. The van der Waals surface area contributed by atoms with Gasteiger partial charge in [0.2, 0.25) is 0 Å². The molecule has 0 aliphatic carbocycles. The van der Waals surface area contributed by atoms with Crippen molar-refractivity contribution in [1.29, 1.82) is 0 Å². The van der Waals surface area contributed by atoms with E-state index in [-0.39, 0.29) is 11.1 Å². The molecule has 1 unspecified atom stereocenters. The maximum absolute atomic E-state index is 13.9. The summed E-state index contributed by atoms with van der Waals surface area (Å²) in [6.45, 7) is 0. The molecule has 2 aromatic rings. The number of methoxy groups -OCH3 is 1. The Balaban J connectivity index is 2.52. The Hall–Kier alpha value is -1.88. The van der Waals surface area contributed by atoms with Crippen LogP contribution in [0.5, 0.6) is 0 Å². The number of hydrogen-bond acceptors (Lipinski definition) is 3. The molecule has 2 N–H and O–H groups in total. The van der Waals surface area contributed by atoms with Crippen LogP contribution in [0.15, 0.2) is 24.4 Å². The van der Waals surface area contributed by atoms with Gasteiger partial charge in [-0.25, -0.2) is 9.18 Å². The van der Waals surface area contributed by atoms with E-state index < -0.39 is 17.9 Å². The summed E-state index contributed by atoms with van der Waals surface area (Å²) < 4.78 is 18.2. The Morgan fingerprint density at radius 2 is 2.25 bits per heavy atom. The number of H-pyrrole nitrogens is 1. The summed E-state index contributed by atoms with van der Waals surface area (Å²) in [5.74, 6) is -1.52. The fourth-order valence-corrected chi connectivity index (χ4v) is 1.56. The highest BCUT2D eigenvalue weighted by atomic mass is 19.1. The molecule has 1 aromatic heterocycles. The Labute approximate surface area is 90.7 Å². The largest absolute Gasteiger partial charge is 0.467 e. The molecule has 0 saturated carbocycles. The van der Waals surface area contributed by atoms with Gasteiger partial charge in [-0.3, -0.25) is 0 Å². The zero-order valence-corrected chi connectivity index (χ0v) is 8.53. The lowest BCUT2D eigenvalue weighted by Gasteiger charge is -2.09. The molecule has 4 nitrogen and oxygen atoms in total. The standard InChI is InChI=1S/C11H10FNO3/c1-16-11(15)10(14)7-3-2-6-4-5-13-9(6)8(7)12/h2-5,10,13-14H,1H3. The second-order valence-electron chi connectivity index (χ2n) is 3.34. The first kappa shape index (κ1) is 10.6. The molecule has 16 heavy (non-hydrogen) atoms. The third-order valence-electron chi connectivity index (χ3n) is 2.41. The lowest BCUT2D eigenvalue weighted by molar-refractivity contribution is -0.150. The fraction of sp³-hybridized carbons (Fsp3) is 0.182. The first-order chi connectivity index (χ1) is 7.65. The summed E-state index contributed by atoms with van der Waals surface area (Å²) in [5, 5.41) is 10.2. The van der Waals surface area contributed by atoms with Gasteiger partial charge in [-0.15, -0.1) is 0 Å². The highest BCUT2D eigenvalue weighted by Crippen LogP contribution is 2.24. The van der Waals surface area contributed by atoms with Gasteiger partial charge in [0.25, 0.3) is 0 Å². The van der Waals surface area contributed by atoms with Crippen LogP contribution in [0.1, 0.15) is 11.7 Å². The molecule has 0 saturated heterocycles. The maximum Gasteiger partial charge on any atom is 0.339 e. The number of aromatic nitrogens is 1. The van der Waals surface area contributed by atoms with Gasteiger partial charge in [0.1, 0.15) is 0 Å². The van der Waals surface area contributed by atoms with Crippen LogP contribution in [0, 0.1) is 5.82 Å². The first-order valence-electron chi connectivity index (χ1n) is 4.66. The third kappa shape index (κ3) is 1.55. The number of ether oxygens (including phenoxy) is 1. The Bertz CT molecular complexity index is 535. The lowest BCUT2D eigenvalue weighted by Crippen LogP contribution is -2.14. The molecule has 0 aliphatic heterocycles. The van der Waals surface area contributed by atoms with Gasteiger partial charge in [-0.2, -0.15) is 0 Å². The summed E-state index contributed by atoms with van der Waals surface area (Å²) >= 11 is 0. The molecule has 0 fully saturated rings. The minimum atomic E-state index is -1.60. The minimum absolute atomic E-state index is 0.0956. The number of aliphatic hydroxyl groups is 1. The number of fused-ring (bicyclic) bond motifs is 1. The van der Waals surface area contributed by atoms with E-state index in [1.165, 1.54) is 6.07 Å². The monoisotopic (exact) mass is 223 g/mol. The van der Waals surface area contributed by atoms with E-state index in [2.05, 4.69) is 9.72 Å². The van der Waals surface area contributed by atoms with Gasteiger partial charge < -0.3 is 14.8 Å². The molecule has 1 atom stereocenters. The second kappa shape index (κ2) is 3.94. The van der Waals surface area contributed by atoms with Crippen LogP contribution in [0.2, 0.25) is 0 Å². The molecular formula is C11H10FNO3. The molecule has 0 radical (unpaired) electrons. The molecule has 0 bridgehead atoms. The Morgan fingerprint density at radius 3 is 2.94 bits per heavy atom. The zero-order chi connectivity index (χ0) is 11.7. The van der Waals surface area contributed by atoms with Crippen LogP contribution in [0.25, 0.3) is 10.9 Å². The summed E-state index contributed by atoms with van der Waals surface area (Å²) in [7, 11) is 1.14. The average molecular weight is 223 g/mol. The highest BCUT2D eigenvalue weighted by molar-refractivity contribution is 5.83. The van der Waals surface area contributed by atoms with Crippen molar-refractivity contribution in [1.82, 2.24) is 4.98 Å². The smallest absolute Gasteiger partial charge is 0.339 e. The van der Waals surface area contributed by atoms with Gasteiger partial charge >= 0.3 is 5.97 Å². The highest BCUT2D eigenvalue weighted by Gasteiger charge is 2.22. The number of hydrogen-bond donors (Lipinski definition) is 2. The van der Waals surface area contributed by atoms with Gasteiger partial charge in [-0.1, -0.05) is 12.1 Å². The molecule has 84 valence electrons. The zero-order valence-electron chi connectivity index (χ0n) is 8.53. The summed E-state index contributed by atoms with van der Waals surface area (Å²) in [6.07, 6.45) is -0.0140.